The van der Waals surface area contributed by atoms with Gasteiger partial charge in [-0.25, -0.2) is 4.98 Å². The highest BCUT2D eigenvalue weighted by atomic mass is 16.6. The first kappa shape index (κ1) is 17.2. The summed E-state index contributed by atoms with van der Waals surface area (Å²) in [7, 11) is 1.64. The molecule has 0 amide bonds. The van der Waals surface area contributed by atoms with Crippen LogP contribution in [0.1, 0.15) is 33.1 Å². The molecule has 1 heterocycles. The number of hydrogen-bond acceptors (Lipinski definition) is 6. The van der Waals surface area contributed by atoms with Gasteiger partial charge in [-0.15, -0.1) is 0 Å². The molecular formula is C14H24N4O3. The van der Waals surface area contributed by atoms with Crippen molar-refractivity contribution < 1.29 is 9.66 Å². The van der Waals surface area contributed by atoms with E-state index in [-0.39, 0.29) is 11.7 Å². The molecule has 0 bridgehead atoms. The first-order valence-corrected chi connectivity index (χ1v) is 7.26. The van der Waals surface area contributed by atoms with Crippen LogP contribution in [0, 0.1) is 10.1 Å². The van der Waals surface area contributed by atoms with Crippen molar-refractivity contribution in [1.82, 2.24) is 4.98 Å². The van der Waals surface area contributed by atoms with Crippen molar-refractivity contribution in [2.24, 2.45) is 0 Å². The number of ether oxygens (including phenoxy) is 1. The normalized spacial score (nSPS) is 12.0. The van der Waals surface area contributed by atoms with E-state index in [2.05, 4.69) is 22.5 Å². The van der Waals surface area contributed by atoms with E-state index < -0.39 is 4.92 Å². The lowest BCUT2D eigenvalue weighted by molar-refractivity contribution is -0.384. The highest BCUT2D eigenvalue weighted by Crippen LogP contribution is 2.21. The van der Waals surface area contributed by atoms with E-state index in [0.29, 0.717) is 18.2 Å². The van der Waals surface area contributed by atoms with Gasteiger partial charge in [0.1, 0.15) is 11.6 Å². The molecule has 1 atom stereocenters. The van der Waals surface area contributed by atoms with Gasteiger partial charge in [-0.05, 0) is 12.8 Å². The molecule has 1 rings (SSSR count). The van der Waals surface area contributed by atoms with Crippen LogP contribution in [0.25, 0.3) is 0 Å². The molecule has 0 radical (unpaired) electrons. The summed E-state index contributed by atoms with van der Waals surface area (Å²) in [5, 5.41) is 17.3. The predicted octanol–water partition coefficient (Wildman–Crippen LogP) is 3.04. The second-order valence-corrected chi connectivity index (χ2v) is 4.86. The number of nitrogens with zero attached hydrogens (tertiary/aromatic N) is 2. The van der Waals surface area contributed by atoms with Gasteiger partial charge < -0.3 is 15.4 Å². The maximum Gasteiger partial charge on any atom is 0.276 e. The van der Waals surface area contributed by atoms with Crippen LogP contribution < -0.4 is 10.6 Å². The van der Waals surface area contributed by atoms with Gasteiger partial charge in [0.05, 0.1) is 29.7 Å². The van der Waals surface area contributed by atoms with Crippen molar-refractivity contribution in [2.75, 3.05) is 30.9 Å². The van der Waals surface area contributed by atoms with E-state index in [4.69, 9.17) is 4.74 Å². The Bertz CT molecular complexity index is 448. The standard InChI is InChI=1S/C14H24N4O3/c1-4-6-11(10-21-3)16-14-9-12(18(19)20)8-13(17-14)15-7-5-2/h8-9,11H,4-7,10H2,1-3H3,(H2,15,16,17). The predicted molar refractivity (Wildman–Crippen MR) is 83.9 cm³/mol. The monoisotopic (exact) mass is 296 g/mol. The average molecular weight is 296 g/mol. The third kappa shape index (κ3) is 5.95. The second kappa shape index (κ2) is 9.12. The van der Waals surface area contributed by atoms with Crippen molar-refractivity contribution >= 4 is 17.3 Å². The molecular weight excluding hydrogens is 272 g/mol. The van der Waals surface area contributed by atoms with Gasteiger partial charge in [0, 0.05) is 13.7 Å². The summed E-state index contributed by atoms with van der Waals surface area (Å²) in [5.74, 6) is 1.01. The van der Waals surface area contributed by atoms with Gasteiger partial charge in [-0.2, -0.15) is 0 Å². The molecule has 0 saturated heterocycles. The molecule has 2 N–H and O–H groups in total. The maximum atomic E-state index is 11.0. The van der Waals surface area contributed by atoms with Crippen LogP contribution in [0.15, 0.2) is 12.1 Å². The lowest BCUT2D eigenvalue weighted by Gasteiger charge is -2.18. The topological polar surface area (TPSA) is 89.3 Å². The maximum absolute atomic E-state index is 11.0. The Morgan fingerprint density at radius 2 is 2.05 bits per heavy atom. The number of aromatic nitrogens is 1. The number of nitro groups is 1. The van der Waals surface area contributed by atoms with Crippen LogP contribution in [0.4, 0.5) is 17.3 Å². The third-order valence-corrected chi connectivity index (χ3v) is 2.93. The third-order valence-electron chi connectivity index (χ3n) is 2.93. The zero-order chi connectivity index (χ0) is 15.7. The molecule has 0 aromatic carbocycles. The quantitative estimate of drug-likeness (QED) is 0.509. The number of rotatable bonds is 10. The van der Waals surface area contributed by atoms with Gasteiger partial charge in [0.25, 0.3) is 5.69 Å². The van der Waals surface area contributed by atoms with Gasteiger partial charge in [-0.3, -0.25) is 10.1 Å². The minimum atomic E-state index is -0.408. The fourth-order valence-electron chi connectivity index (χ4n) is 2.00. The first-order chi connectivity index (χ1) is 10.1. The van der Waals surface area contributed by atoms with E-state index in [1.54, 1.807) is 7.11 Å². The highest BCUT2D eigenvalue weighted by Gasteiger charge is 2.14. The van der Waals surface area contributed by atoms with Crippen molar-refractivity contribution in [3.05, 3.63) is 22.2 Å². The van der Waals surface area contributed by atoms with Gasteiger partial charge >= 0.3 is 0 Å². The molecule has 0 aliphatic heterocycles. The van der Waals surface area contributed by atoms with Crippen LogP contribution in [0.2, 0.25) is 0 Å². The van der Waals surface area contributed by atoms with Crippen molar-refractivity contribution in [3.8, 4) is 0 Å². The molecule has 0 aliphatic rings. The summed E-state index contributed by atoms with van der Waals surface area (Å²) in [5.41, 5.74) is 0.0266. The Hall–Kier alpha value is -1.89. The van der Waals surface area contributed by atoms with E-state index >= 15 is 0 Å². The fraction of sp³-hybridized carbons (Fsp3) is 0.643. The van der Waals surface area contributed by atoms with E-state index in [1.165, 1.54) is 12.1 Å². The fourth-order valence-corrected chi connectivity index (χ4v) is 2.00. The van der Waals surface area contributed by atoms with Crippen LogP contribution in [-0.4, -0.2) is 36.2 Å². The molecule has 7 nitrogen and oxygen atoms in total. The smallest absolute Gasteiger partial charge is 0.276 e. The average Bonchev–Trinajstić information content (AvgIpc) is 2.45. The molecule has 1 aromatic rings. The van der Waals surface area contributed by atoms with Crippen molar-refractivity contribution in [2.45, 2.75) is 39.2 Å². The van der Waals surface area contributed by atoms with Crippen LogP contribution >= 0.6 is 0 Å². The number of hydrogen-bond donors (Lipinski definition) is 2. The summed E-state index contributed by atoms with van der Waals surface area (Å²) in [4.78, 5) is 15.0. The number of methoxy groups -OCH3 is 1. The zero-order valence-corrected chi connectivity index (χ0v) is 12.9. The van der Waals surface area contributed by atoms with Crippen LogP contribution in [-0.2, 0) is 4.74 Å². The Kier molecular flexibility index (Phi) is 7.45. The number of nitrogens with one attached hydrogen (secondary N) is 2. The van der Waals surface area contributed by atoms with E-state index in [9.17, 15) is 10.1 Å². The zero-order valence-electron chi connectivity index (χ0n) is 12.9. The molecule has 0 spiro atoms. The molecule has 7 heteroatoms. The largest absolute Gasteiger partial charge is 0.383 e. The lowest BCUT2D eigenvalue weighted by atomic mass is 10.2. The second-order valence-electron chi connectivity index (χ2n) is 4.86. The van der Waals surface area contributed by atoms with Gasteiger partial charge in [-0.1, -0.05) is 20.3 Å². The van der Waals surface area contributed by atoms with Crippen molar-refractivity contribution in [1.29, 1.82) is 0 Å². The Balaban J connectivity index is 2.92. The highest BCUT2D eigenvalue weighted by molar-refractivity contribution is 5.55. The molecule has 1 unspecified atom stereocenters. The molecule has 0 fully saturated rings. The van der Waals surface area contributed by atoms with E-state index in [0.717, 1.165) is 25.8 Å². The SMILES string of the molecule is CCCNc1cc([N+](=O)[O-])cc(NC(CCC)COC)n1. The molecule has 0 saturated carbocycles. The number of pyridine rings is 1. The lowest BCUT2D eigenvalue weighted by Crippen LogP contribution is -2.25. The Labute approximate surface area is 125 Å². The van der Waals surface area contributed by atoms with E-state index in [1.807, 2.05) is 6.92 Å². The summed E-state index contributed by atoms with van der Waals surface area (Å²) in [6.07, 6.45) is 2.84. The summed E-state index contributed by atoms with van der Waals surface area (Å²) in [6.45, 7) is 5.37. The van der Waals surface area contributed by atoms with Gasteiger partial charge in [0.2, 0.25) is 0 Å². The molecule has 1 aromatic heterocycles. The molecule has 21 heavy (non-hydrogen) atoms. The minimum Gasteiger partial charge on any atom is -0.383 e. The molecule has 118 valence electrons. The Morgan fingerprint density at radius 1 is 1.33 bits per heavy atom. The van der Waals surface area contributed by atoms with Crippen LogP contribution in [0.3, 0.4) is 0 Å². The summed E-state index contributed by atoms with van der Waals surface area (Å²) in [6, 6.07) is 3.00. The Morgan fingerprint density at radius 3 is 2.62 bits per heavy atom. The minimum absolute atomic E-state index is 0.0266. The summed E-state index contributed by atoms with van der Waals surface area (Å²) < 4.78 is 5.16. The van der Waals surface area contributed by atoms with Crippen LogP contribution in [0.5, 0.6) is 0 Å². The first-order valence-electron chi connectivity index (χ1n) is 7.26. The van der Waals surface area contributed by atoms with Gasteiger partial charge in [0.15, 0.2) is 0 Å². The molecule has 0 aliphatic carbocycles. The summed E-state index contributed by atoms with van der Waals surface area (Å²) >= 11 is 0. The van der Waals surface area contributed by atoms with Crippen molar-refractivity contribution in [3.63, 3.8) is 0 Å². The number of anilines is 2.